The van der Waals surface area contributed by atoms with Crippen LogP contribution < -0.4 is 14.4 Å². The predicted molar refractivity (Wildman–Crippen MR) is 136 cm³/mol. The maximum atomic E-state index is 13.2. The number of nitrogens with zero attached hydrogens (tertiary/aromatic N) is 1. The summed E-state index contributed by atoms with van der Waals surface area (Å²) in [5.41, 5.74) is 4.56. The lowest BCUT2D eigenvalue weighted by atomic mass is 10.1. The molecule has 8 heteroatoms. The third-order valence-electron chi connectivity index (χ3n) is 5.98. The topological polar surface area (TPSA) is 75.7 Å². The number of halogens is 1. The van der Waals surface area contributed by atoms with Crippen LogP contribution in [0.15, 0.2) is 60.7 Å². The van der Waals surface area contributed by atoms with Gasteiger partial charge < -0.3 is 10.1 Å². The van der Waals surface area contributed by atoms with E-state index in [1.54, 1.807) is 30.3 Å². The Morgan fingerprint density at radius 2 is 1.74 bits per heavy atom. The summed E-state index contributed by atoms with van der Waals surface area (Å²) in [6.07, 6.45) is 1.39. The van der Waals surface area contributed by atoms with Crippen LogP contribution in [-0.2, 0) is 16.6 Å². The number of amides is 1. The van der Waals surface area contributed by atoms with E-state index in [-0.39, 0.29) is 17.7 Å². The first-order valence-electron chi connectivity index (χ1n) is 11.0. The molecule has 6 nitrogen and oxygen atoms in total. The summed E-state index contributed by atoms with van der Waals surface area (Å²) < 4.78 is 33.2. The van der Waals surface area contributed by atoms with Crippen LogP contribution >= 0.6 is 11.6 Å². The highest BCUT2D eigenvalue weighted by Crippen LogP contribution is 2.35. The van der Waals surface area contributed by atoms with Gasteiger partial charge in [-0.05, 0) is 85.8 Å². The van der Waals surface area contributed by atoms with Gasteiger partial charge in [-0.15, -0.1) is 0 Å². The minimum absolute atomic E-state index is 0.220. The Morgan fingerprint density at radius 3 is 2.35 bits per heavy atom. The molecule has 3 aromatic rings. The number of hydrogen-bond donors (Lipinski definition) is 1. The van der Waals surface area contributed by atoms with E-state index in [1.807, 2.05) is 44.2 Å². The van der Waals surface area contributed by atoms with Gasteiger partial charge in [0.25, 0.3) is 5.91 Å². The Labute approximate surface area is 205 Å². The predicted octanol–water partition coefficient (Wildman–Crippen LogP) is 5.72. The Balaban J connectivity index is 1.54. The molecule has 0 atom stereocenters. The molecule has 0 heterocycles. The highest BCUT2D eigenvalue weighted by Gasteiger charge is 2.40. The van der Waals surface area contributed by atoms with Gasteiger partial charge in [0.1, 0.15) is 5.75 Å². The molecule has 3 aromatic carbocycles. The number of aryl methyl sites for hydroxylation is 2. The number of hydrogen-bond acceptors (Lipinski definition) is 4. The molecule has 0 aliphatic heterocycles. The third-order valence-corrected chi connectivity index (χ3v) is 8.48. The van der Waals surface area contributed by atoms with E-state index >= 15 is 0 Å². The van der Waals surface area contributed by atoms with E-state index in [4.69, 9.17) is 16.3 Å². The Hall–Kier alpha value is -3.03. The number of carbonyl (C=O) groups excluding carboxylic acids is 1. The first-order valence-corrected chi connectivity index (χ1v) is 12.9. The van der Waals surface area contributed by atoms with Gasteiger partial charge in [-0.25, -0.2) is 8.42 Å². The fraction of sp³-hybridized carbons (Fsp3) is 0.269. The summed E-state index contributed by atoms with van der Waals surface area (Å²) >= 11 is 6.03. The van der Waals surface area contributed by atoms with Gasteiger partial charge in [0.05, 0.1) is 30.2 Å². The highest BCUT2D eigenvalue weighted by atomic mass is 35.5. The van der Waals surface area contributed by atoms with Crippen molar-refractivity contribution in [1.29, 1.82) is 0 Å². The maximum Gasteiger partial charge on any atom is 0.259 e. The van der Waals surface area contributed by atoms with Crippen LogP contribution in [-0.4, -0.2) is 26.7 Å². The molecule has 1 amide bonds. The molecule has 1 fully saturated rings. The van der Waals surface area contributed by atoms with Crippen molar-refractivity contribution >= 4 is 38.9 Å². The molecular formula is C26H27ClN2O4S. The van der Waals surface area contributed by atoms with Crippen molar-refractivity contribution in [2.24, 2.45) is 0 Å². The van der Waals surface area contributed by atoms with Crippen LogP contribution in [0.1, 0.15) is 39.9 Å². The molecule has 4 rings (SSSR count). The van der Waals surface area contributed by atoms with Crippen molar-refractivity contribution in [3.05, 3.63) is 87.9 Å². The minimum Gasteiger partial charge on any atom is -0.496 e. The molecule has 1 N–H and O–H groups in total. The molecule has 0 bridgehead atoms. The van der Waals surface area contributed by atoms with Gasteiger partial charge in [0.15, 0.2) is 0 Å². The highest BCUT2D eigenvalue weighted by molar-refractivity contribution is 7.93. The molecule has 1 aliphatic rings. The molecule has 0 aromatic heterocycles. The van der Waals surface area contributed by atoms with E-state index in [0.717, 1.165) is 16.7 Å². The summed E-state index contributed by atoms with van der Waals surface area (Å²) in [6.45, 7) is 4.20. The fourth-order valence-corrected chi connectivity index (χ4v) is 5.67. The number of sulfonamides is 1. The zero-order valence-electron chi connectivity index (χ0n) is 19.3. The van der Waals surface area contributed by atoms with Crippen LogP contribution in [0.2, 0.25) is 5.02 Å². The lowest BCUT2D eigenvalue weighted by Gasteiger charge is -2.25. The normalized spacial score (nSPS) is 13.4. The monoisotopic (exact) mass is 498 g/mol. The molecular weight excluding hydrogens is 472 g/mol. The fourth-order valence-electron chi connectivity index (χ4n) is 3.67. The van der Waals surface area contributed by atoms with Gasteiger partial charge in [0.2, 0.25) is 10.0 Å². The molecule has 1 saturated carbocycles. The van der Waals surface area contributed by atoms with Crippen molar-refractivity contribution in [1.82, 2.24) is 0 Å². The molecule has 0 spiro atoms. The van der Waals surface area contributed by atoms with E-state index in [1.165, 1.54) is 11.4 Å². The molecule has 34 heavy (non-hydrogen) atoms. The average molecular weight is 499 g/mol. The second-order valence-electron chi connectivity index (χ2n) is 8.52. The largest absolute Gasteiger partial charge is 0.496 e. The second-order valence-corrected chi connectivity index (χ2v) is 11.1. The number of carbonyl (C=O) groups is 1. The summed E-state index contributed by atoms with van der Waals surface area (Å²) in [5.74, 6) is 0.0769. The van der Waals surface area contributed by atoms with Crippen LogP contribution in [0.4, 0.5) is 11.4 Å². The molecule has 0 radical (unpaired) electrons. The quantitative estimate of drug-likeness (QED) is 0.431. The maximum absolute atomic E-state index is 13.2. The Kier molecular flexibility index (Phi) is 6.86. The first-order chi connectivity index (χ1) is 16.2. The van der Waals surface area contributed by atoms with Gasteiger partial charge in [0, 0.05) is 10.7 Å². The van der Waals surface area contributed by atoms with E-state index in [9.17, 15) is 13.2 Å². The summed E-state index contributed by atoms with van der Waals surface area (Å²) in [7, 11) is -1.96. The number of ether oxygens (including phenoxy) is 1. The van der Waals surface area contributed by atoms with Crippen LogP contribution in [0.5, 0.6) is 5.75 Å². The van der Waals surface area contributed by atoms with Crippen LogP contribution in [0.3, 0.4) is 0 Å². The van der Waals surface area contributed by atoms with Gasteiger partial charge in [-0.3, -0.25) is 9.10 Å². The van der Waals surface area contributed by atoms with Crippen molar-refractivity contribution in [3.63, 3.8) is 0 Å². The number of methoxy groups -OCH3 is 1. The number of benzene rings is 3. The average Bonchev–Trinajstić information content (AvgIpc) is 3.66. The molecule has 1 aliphatic carbocycles. The van der Waals surface area contributed by atoms with Gasteiger partial charge in [-0.1, -0.05) is 29.8 Å². The van der Waals surface area contributed by atoms with E-state index in [2.05, 4.69) is 5.32 Å². The summed E-state index contributed by atoms with van der Waals surface area (Å²) in [5, 5.41) is 2.95. The number of nitrogens with one attached hydrogen (secondary N) is 1. The standard InChI is InChI=1S/C26H27ClN2O4S/c1-17-4-10-22(14-18(17)2)29(34(31,32)23-11-12-23)16-19-5-8-21(9-6-19)28-26(30)24-15-20(27)7-13-25(24)33-3/h4-10,13-15,23H,11-12,16H2,1-3H3,(H,28,30). The number of rotatable bonds is 8. The van der Waals surface area contributed by atoms with Crippen LogP contribution in [0, 0.1) is 13.8 Å². The van der Waals surface area contributed by atoms with E-state index in [0.29, 0.717) is 40.6 Å². The molecule has 0 unspecified atom stereocenters. The minimum atomic E-state index is -3.45. The van der Waals surface area contributed by atoms with Crippen molar-refractivity contribution in [2.75, 3.05) is 16.7 Å². The Bertz CT molecular complexity index is 1320. The van der Waals surface area contributed by atoms with Gasteiger partial charge >= 0.3 is 0 Å². The SMILES string of the molecule is COc1ccc(Cl)cc1C(=O)Nc1ccc(CN(c2ccc(C)c(C)c2)S(=O)(=O)C2CC2)cc1. The van der Waals surface area contributed by atoms with E-state index < -0.39 is 10.0 Å². The summed E-state index contributed by atoms with van der Waals surface area (Å²) in [4.78, 5) is 12.7. The lowest BCUT2D eigenvalue weighted by Crippen LogP contribution is -2.33. The van der Waals surface area contributed by atoms with Crippen LogP contribution in [0.25, 0.3) is 0 Å². The van der Waals surface area contributed by atoms with Crippen molar-refractivity contribution < 1.29 is 17.9 Å². The smallest absolute Gasteiger partial charge is 0.259 e. The Morgan fingerprint density at radius 1 is 1.03 bits per heavy atom. The summed E-state index contributed by atoms with van der Waals surface area (Å²) in [6, 6.07) is 17.7. The van der Waals surface area contributed by atoms with Crippen molar-refractivity contribution in [3.8, 4) is 5.75 Å². The number of anilines is 2. The molecule has 178 valence electrons. The lowest BCUT2D eigenvalue weighted by molar-refractivity contribution is 0.102. The zero-order valence-corrected chi connectivity index (χ0v) is 20.9. The van der Waals surface area contributed by atoms with Crippen molar-refractivity contribution in [2.45, 2.75) is 38.5 Å². The third kappa shape index (κ3) is 5.21. The first kappa shape index (κ1) is 24.1. The van der Waals surface area contributed by atoms with Gasteiger partial charge in [-0.2, -0.15) is 0 Å². The molecule has 0 saturated heterocycles. The second kappa shape index (κ2) is 9.68. The zero-order chi connectivity index (χ0) is 24.5.